The Bertz CT molecular complexity index is 577. The van der Waals surface area contributed by atoms with Gasteiger partial charge in [0.1, 0.15) is 12.2 Å². The van der Waals surface area contributed by atoms with E-state index >= 15 is 0 Å². The molecule has 1 aliphatic rings. The van der Waals surface area contributed by atoms with Crippen molar-refractivity contribution in [3.05, 3.63) is 15.9 Å². The summed E-state index contributed by atoms with van der Waals surface area (Å²) in [6.45, 7) is 3.31. The van der Waals surface area contributed by atoms with E-state index < -0.39 is 6.43 Å². The highest BCUT2D eigenvalue weighted by molar-refractivity contribution is 9.10. The van der Waals surface area contributed by atoms with E-state index in [1.54, 1.807) is 6.92 Å². The Hall–Kier alpha value is -1.35. The maximum Gasteiger partial charge on any atom is 0.283 e. The molecule has 2 heterocycles. The lowest BCUT2D eigenvalue weighted by atomic mass is 10.1. The largest absolute Gasteiger partial charge is 0.306 e. The number of hydrogen-bond acceptors (Lipinski definition) is 4. The number of nitrogens with one attached hydrogen (secondary N) is 1. The number of piperidine rings is 1. The molecule has 1 saturated heterocycles. The van der Waals surface area contributed by atoms with Crippen LogP contribution in [0.1, 0.15) is 30.7 Å². The lowest BCUT2D eigenvalue weighted by Gasteiger charge is -2.22. The Morgan fingerprint density at radius 3 is 2.64 bits per heavy atom. The van der Waals surface area contributed by atoms with Gasteiger partial charge in [0.25, 0.3) is 12.3 Å². The van der Waals surface area contributed by atoms with E-state index in [0.717, 1.165) is 31.6 Å². The van der Waals surface area contributed by atoms with Crippen molar-refractivity contribution < 1.29 is 13.6 Å². The molecule has 1 fully saturated rings. The van der Waals surface area contributed by atoms with Crippen LogP contribution in [0, 0.1) is 6.92 Å². The molecule has 1 aliphatic heterocycles. The zero-order valence-electron chi connectivity index (χ0n) is 12.4. The molecular formula is C13H18BrF2N5O. The maximum atomic E-state index is 12.7. The summed E-state index contributed by atoms with van der Waals surface area (Å²) in [5.74, 6) is -0.384. The SMILES string of the molecule is Cc1c(Br)c(C(F)F)nn1CC(=O)NN=C1CCN(C)CC1. The first-order valence-corrected chi connectivity index (χ1v) is 7.71. The predicted octanol–water partition coefficient (Wildman–Crippen LogP) is 2.09. The summed E-state index contributed by atoms with van der Waals surface area (Å²) in [5, 5.41) is 7.85. The molecule has 2 rings (SSSR count). The van der Waals surface area contributed by atoms with Crippen molar-refractivity contribution in [2.75, 3.05) is 20.1 Å². The van der Waals surface area contributed by atoms with Crippen molar-refractivity contribution in [1.29, 1.82) is 0 Å². The summed E-state index contributed by atoms with van der Waals surface area (Å²) in [6, 6.07) is 0. The summed E-state index contributed by atoms with van der Waals surface area (Å²) in [7, 11) is 2.04. The average molecular weight is 378 g/mol. The highest BCUT2D eigenvalue weighted by Crippen LogP contribution is 2.28. The molecule has 0 saturated carbocycles. The highest BCUT2D eigenvalue weighted by Gasteiger charge is 2.21. The monoisotopic (exact) mass is 377 g/mol. The second-order valence-electron chi connectivity index (χ2n) is 5.26. The van der Waals surface area contributed by atoms with Gasteiger partial charge in [0.05, 0.1) is 10.2 Å². The topological polar surface area (TPSA) is 62.5 Å². The molecule has 0 bridgehead atoms. The van der Waals surface area contributed by atoms with Gasteiger partial charge in [-0.1, -0.05) is 0 Å². The van der Waals surface area contributed by atoms with Gasteiger partial charge in [0.15, 0.2) is 0 Å². The van der Waals surface area contributed by atoms with Crippen molar-refractivity contribution in [3.63, 3.8) is 0 Å². The molecule has 1 amide bonds. The Morgan fingerprint density at radius 1 is 1.45 bits per heavy atom. The van der Waals surface area contributed by atoms with E-state index in [4.69, 9.17) is 0 Å². The highest BCUT2D eigenvalue weighted by atomic mass is 79.9. The fraction of sp³-hybridized carbons (Fsp3) is 0.615. The minimum Gasteiger partial charge on any atom is -0.306 e. The normalized spacial score (nSPS) is 16.2. The van der Waals surface area contributed by atoms with Crippen LogP contribution in [-0.4, -0.2) is 46.4 Å². The Labute approximate surface area is 135 Å². The summed E-state index contributed by atoms with van der Waals surface area (Å²) in [4.78, 5) is 14.1. The van der Waals surface area contributed by atoms with Crippen LogP contribution in [0.3, 0.4) is 0 Å². The second-order valence-corrected chi connectivity index (χ2v) is 6.05. The molecule has 22 heavy (non-hydrogen) atoms. The Balaban J connectivity index is 1.95. The van der Waals surface area contributed by atoms with Crippen molar-refractivity contribution >= 4 is 27.5 Å². The Kier molecular flexibility index (Phi) is 5.63. The molecule has 0 aliphatic carbocycles. The van der Waals surface area contributed by atoms with Crippen LogP contribution in [0.2, 0.25) is 0 Å². The van der Waals surface area contributed by atoms with Crippen LogP contribution >= 0.6 is 15.9 Å². The molecule has 0 radical (unpaired) electrons. The number of halogens is 3. The molecular weight excluding hydrogens is 360 g/mol. The Morgan fingerprint density at radius 2 is 2.09 bits per heavy atom. The van der Waals surface area contributed by atoms with Gasteiger partial charge in [-0.2, -0.15) is 10.2 Å². The molecule has 9 heteroatoms. The number of nitrogens with zero attached hydrogens (tertiary/aromatic N) is 4. The number of hydrazone groups is 1. The van der Waals surface area contributed by atoms with Crippen molar-refractivity contribution in [2.45, 2.75) is 32.7 Å². The lowest BCUT2D eigenvalue weighted by molar-refractivity contribution is -0.121. The smallest absolute Gasteiger partial charge is 0.283 e. The predicted molar refractivity (Wildman–Crippen MR) is 81.9 cm³/mol. The van der Waals surface area contributed by atoms with E-state index in [0.29, 0.717) is 5.69 Å². The number of aromatic nitrogens is 2. The fourth-order valence-corrected chi connectivity index (χ4v) is 2.60. The molecule has 0 spiro atoms. The van der Waals surface area contributed by atoms with E-state index in [2.05, 4.69) is 36.5 Å². The standard InChI is InChI=1S/C13H18BrF2N5O/c1-8-11(14)12(13(15)16)19-21(8)7-10(22)18-17-9-3-5-20(2)6-4-9/h13H,3-7H2,1-2H3,(H,18,22). The molecule has 0 aromatic carbocycles. The number of rotatable bonds is 4. The third-order valence-corrected chi connectivity index (χ3v) is 4.54. The summed E-state index contributed by atoms with van der Waals surface area (Å²) < 4.78 is 27.0. The van der Waals surface area contributed by atoms with Crippen molar-refractivity contribution in [1.82, 2.24) is 20.1 Å². The van der Waals surface area contributed by atoms with Gasteiger partial charge in [-0.05, 0) is 29.9 Å². The van der Waals surface area contributed by atoms with Gasteiger partial charge < -0.3 is 4.90 Å². The van der Waals surface area contributed by atoms with Crippen molar-refractivity contribution in [2.24, 2.45) is 5.10 Å². The van der Waals surface area contributed by atoms with Gasteiger partial charge in [0.2, 0.25) is 0 Å². The molecule has 122 valence electrons. The number of likely N-dealkylation sites (tertiary alicyclic amines) is 1. The first-order chi connectivity index (χ1) is 10.4. The van der Waals surface area contributed by atoms with Crippen LogP contribution < -0.4 is 5.43 Å². The number of hydrogen-bond donors (Lipinski definition) is 1. The lowest BCUT2D eigenvalue weighted by Crippen LogP contribution is -2.32. The summed E-state index contributed by atoms with van der Waals surface area (Å²) in [5.41, 5.74) is 3.54. The maximum absolute atomic E-state index is 12.7. The van der Waals surface area contributed by atoms with Gasteiger partial charge in [0, 0.05) is 31.6 Å². The number of amides is 1. The van der Waals surface area contributed by atoms with Gasteiger partial charge in [-0.15, -0.1) is 0 Å². The fourth-order valence-electron chi connectivity index (χ4n) is 2.14. The molecule has 1 aromatic heterocycles. The molecule has 1 N–H and O–H groups in total. The van der Waals surface area contributed by atoms with Crippen LogP contribution in [0.4, 0.5) is 8.78 Å². The first-order valence-electron chi connectivity index (χ1n) is 6.92. The van der Waals surface area contributed by atoms with Crippen LogP contribution in [0.5, 0.6) is 0 Å². The molecule has 1 aromatic rings. The molecule has 6 nitrogen and oxygen atoms in total. The second kappa shape index (κ2) is 7.28. The van der Waals surface area contributed by atoms with Crippen molar-refractivity contribution in [3.8, 4) is 0 Å². The van der Waals surface area contributed by atoms with Gasteiger partial charge in [-0.25, -0.2) is 14.2 Å². The van der Waals surface area contributed by atoms with E-state index in [1.807, 2.05) is 7.05 Å². The summed E-state index contributed by atoms with van der Waals surface area (Å²) in [6.07, 6.45) is -1.05. The number of carbonyl (C=O) groups is 1. The van der Waals surface area contributed by atoms with Crippen LogP contribution in [0.15, 0.2) is 9.57 Å². The zero-order chi connectivity index (χ0) is 16.3. The summed E-state index contributed by atoms with van der Waals surface area (Å²) >= 11 is 3.07. The molecule has 0 unspecified atom stereocenters. The number of carbonyl (C=O) groups excluding carboxylic acids is 1. The molecule has 0 atom stereocenters. The first kappa shape index (κ1) is 17.0. The minimum absolute atomic E-state index is 0.145. The third-order valence-electron chi connectivity index (χ3n) is 3.56. The number of alkyl halides is 2. The zero-order valence-corrected chi connectivity index (χ0v) is 14.0. The van der Waals surface area contributed by atoms with Crippen LogP contribution in [0.25, 0.3) is 0 Å². The van der Waals surface area contributed by atoms with Gasteiger partial charge in [-0.3, -0.25) is 9.48 Å². The quantitative estimate of drug-likeness (QED) is 0.817. The van der Waals surface area contributed by atoms with E-state index in [-0.39, 0.29) is 22.6 Å². The van der Waals surface area contributed by atoms with E-state index in [9.17, 15) is 13.6 Å². The third kappa shape index (κ3) is 4.10. The van der Waals surface area contributed by atoms with E-state index in [1.165, 1.54) is 4.68 Å². The van der Waals surface area contributed by atoms with Crippen LogP contribution in [-0.2, 0) is 11.3 Å². The van der Waals surface area contributed by atoms with Gasteiger partial charge >= 0.3 is 0 Å². The average Bonchev–Trinajstić information content (AvgIpc) is 2.75. The minimum atomic E-state index is -2.68.